The van der Waals surface area contributed by atoms with Crippen molar-refractivity contribution in [2.45, 2.75) is 134 Å². The Bertz CT molecular complexity index is 725. The van der Waals surface area contributed by atoms with Crippen molar-refractivity contribution in [2.75, 3.05) is 13.2 Å². The molecule has 3 aliphatic heterocycles. The Morgan fingerprint density at radius 3 is 2.51 bits per heavy atom. The van der Waals surface area contributed by atoms with E-state index in [1.165, 1.54) is 19.3 Å². The molecule has 1 aliphatic carbocycles. The topological polar surface area (TPSA) is 83.5 Å². The molecule has 4 rings (SSSR count). The number of carboxylic acids is 1. The molecule has 37 heavy (non-hydrogen) atoms. The lowest BCUT2D eigenvalue weighted by molar-refractivity contribution is -0.194. The van der Waals surface area contributed by atoms with Gasteiger partial charge in [0.05, 0.1) is 24.4 Å². The first kappa shape index (κ1) is 28.8. The van der Waals surface area contributed by atoms with Gasteiger partial charge in [-0.1, -0.05) is 50.5 Å². The second-order valence-corrected chi connectivity index (χ2v) is 11.1. The molecule has 3 unspecified atom stereocenters. The first-order chi connectivity index (χ1) is 18.1. The number of fused-ring (bicyclic) bond motifs is 1. The van der Waals surface area contributed by atoms with Crippen molar-refractivity contribution in [1.29, 1.82) is 0 Å². The van der Waals surface area contributed by atoms with Crippen molar-refractivity contribution in [3.05, 3.63) is 24.3 Å². The van der Waals surface area contributed by atoms with Crippen molar-refractivity contribution >= 4 is 5.97 Å². The number of allylic oxidation sites excluding steroid dienone is 1. The molecule has 1 N–H and O–H groups in total. The summed E-state index contributed by atoms with van der Waals surface area (Å²) in [5, 5.41) is 8.90. The van der Waals surface area contributed by atoms with Crippen molar-refractivity contribution in [1.82, 2.24) is 0 Å². The monoisotopic (exact) mass is 520 g/mol. The first-order valence-corrected chi connectivity index (χ1v) is 14.9. The lowest BCUT2D eigenvalue weighted by atomic mass is 9.89. The van der Waals surface area contributed by atoms with Gasteiger partial charge in [0.15, 0.2) is 12.6 Å². The molecule has 3 saturated heterocycles. The maximum atomic E-state index is 10.8. The summed E-state index contributed by atoms with van der Waals surface area (Å²) in [6.07, 6.45) is 22.3. The largest absolute Gasteiger partial charge is 0.481 e. The minimum atomic E-state index is -0.765. The fraction of sp³-hybridized carbons (Fsp3) is 0.833. The van der Waals surface area contributed by atoms with Gasteiger partial charge in [-0.2, -0.15) is 0 Å². The third-order valence-corrected chi connectivity index (χ3v) is 8.16. The summed E-state index contributed by atoms with van der Waals surface area (Å²) in [7, 11) is 0. The molecule has 0 aromatic heterocycles. The third-order valence-electron chi connectivity index (χ3n) is 8.16. The lowest BCUT2D eigenvalue weighted by Crippen LogP contribution is -2.31. The van der Waals surface area contributed by atoms with Gasteiger partial charge in [0, 0.05) is 32.0 Å². The van der Waals surface area contributed by atoms with Gasteiger partial charge >= 0.3 is 5.97 Å². The van der Waals surface area contributed by atoms with Gasteiger partial charge in [-0.3, -0.25) is 4.79 Å². The van der Waals surface area contributed by atoms with E-state index in [9.17, 15) is 4.79 Å². The molecule has 0 amide bonds. The van der Waals surface area contributed by atoms with Crippen molar-refractivity contribution in [3.8, 4) is 0 Å². The fourth-order valence-electron chi connectivity index (χ4n) is 6.17. The van der Waals surface area contributed by atoms with E-state index in [1.54, 1.807) is 0 Å². The predicted molar refractivity (Wildman–Crippen MR) is 141 cm³/mol. The SMILES string of the molecule is CCCCC[C@@H](/C=C/[C@@H]1[C@H]2CC(/C=C/CCC(=O)O)O[C@@H]2C[C@H]1OC1CCCCO1)OC1CCCCO1. The molecule has 3 heterocycles. The number of rotatable bonds is 14. The van der Waals surface area contributed by atoms with Crippen LogP contribution < -0.4 is 0 Å². The fourth-order valence-corrected chi connectivity index (χ4v) is 6.17. The Balaban J connectivity index is 1.41. The van der Waals surface area contributed by atoms with Crippen LogP contribution >= 0.6 is 0 Å². The Labute approximate surface area is 222 Å². The number of ether oxygens (including phenoxy) is 5. The zero-order valence-electron chi connectivity index (χ0n) is 22.6. The highest BCUT2D eigenvalue weighted by Crippen LogP contribution is 2.46. The smallest absolute Gasteiger partial charge is 0.303 e. The molecule has 0 spiro atoms. The minimum Gasteiger partial charge on any atom is -0.481 e. The van der Waals surface area contributed by atoms with Crippen LogP contribution in [0.4, 0.5) is 0 Å². The maximum absolute atomic E-state index is 10.8. The minimum absolute atomic E-state index is 0.0406. The molecule has 7 heteroatoms. The lowest BCUT2D eigenvalue weighted by Gasteiger charge is -2.30. The van der Waals surface area contributed by atoms with Gasteiger partial charge < -0.3 is 28.8 Å². The molecule has 0 bridgehead atoms. The normalized spacial score (nSPS) is 35.3. The second kappa shape index (κ2) is 15.4. The summed E-state index contributed by atoms with van der Waals surface area (Å²) in [6, 6.07) is 0. The molecule has 8 atom stereocenters. The van der Waals surface area contributed by atoms with Crippen molar-refractivity contribution < 1.29 is 33.6 Å². The van der Waals surface area contributed by atoms with E-state index in [0.29, 0.717) is 12.3 Å². The molecular formula is C30H48O7. The summed E-state index contributed by atoms with van der Waals surface area (Å²) < 4.78 is 31.2. The summed E-state index contributed by atoms with van der Waals surface area (Å²) >= 11 is 0. The van der Waals surface area contributed by atoms with Gasteiger partial charge in [0.25, 0.3) is 0 Å². The van der Waals surface area contributed by atoms with Crippen LogP contribution in [0.3, 0.4) is 0 Å². The van der Waals surface area contributed by atoms with Gasteiger partial charge in [-0.05, 0) is 63.7 Å². The molecule has 4 aliphatic rings. The summed E-state index contributed by atoms with van der Waals surface area (Å²) in [6.45, 7) is 3.80. The predicted octanol–water partition coefficient (Wildman–Crippen LogP) is 6.16. The number of carbonyl (C=O) groups is 1. The Kier molecular flexibility index (Phi) is 11.9. The second-order valence-electron chi connectivity index (χ2n) is 11.1. The van der Waals surface area contributed by atoms with Crippen LogP contribution in [0.15, 0.2) is 24.3 Å². The van der Waals surface area contributed by atoms with Crippen LogP contribution in [0.25, 0.3) is 0 Å². The van der Waals surface area contributed by atoms with Crippen LogP contribution in [0.2, 0.25) is 0 Å². The van der Waals surface area contributed by atoms with Crippen LogP contribution in [0.5, 0.6) is 0 Å². The van der Waals surface area contributed by atoms with E-state index in [1.807, 2.05) is 6.08 Å². The molecule has 0 aromatic carbocycles. The van der Waals surface area contributed by atoms with Crippen molar-refractivity contribution in [3.63, 3.8) is 0 Å². The Morgan fingerprint density at radius 1 is 1.03 bits per heavy atom. The summed E-state index contributed by atoms with van der Waals surface area (Å²) in [5.41, 5.74) is 0. The van der Waals surface area contributed by atoms with E-state index < -0.39 is 5.97 Å². The van der Waals surface area contributed by atoms with E-state index in [2.05, 4.69) is 25.2 Å². The molecule has 210 valence electrons. The summed E-state index contributed by atoms with van der Waals surface area (Å²) in [4.78, 5) is 10.8. The molecule has 0 aromatic rings. The molecule has 1 saturated carbocycles. The Morgan fingerprint density at radius 2 is 1.81 bits per heavy atom. The van der Waals surface area contributed by atoms with Crippen LogP contribution in [0, 0.1) is 11.8 Å². The maximum Gasteiger partial charge on any atom is 0.303 e. The quantitative estimate of drug-likeness (QED) is 0.217. The van der Waals surface area contributed by atoms with Crippen LogP contribution in [-0.4, -0.2) is 61.3 Å². The third kappa shape index (κ3) is 9.17. The number of aliphatic carboxylic acids is 1. The van der Waals surface area contributed by atoms with E-state index in [-0.39, 0.29) is 49.3 Å². The number of unbranched alkanes of at least 4 members (excludes halogenated alkanes) is 2. The number of hydrogen-bond acceptors (Lipinski definition) is 6. The van der Waals surface area contributed by atoms with E-state index in [4.69, 9.17) is 28.8 Å². The highest BCUT2D eigenvalue weighted by atomic mass is 16.7. The zero-order chi connectivity index (χ0) is 25.9. The van der Waals surface area contributed by atoms with E-state index >= 15 is 0 Å². The average Bonchev–Trinajstić information content (AvgIpc) is 3.43. The molecule has 0 radical (unpaired) electrons. The molecule has 7 nitrogen and oxygen atoms in total. The molecular weight excluding hydrogens is 472 g/mol. The highest BCUT2D eigenvalue weighted by Gasteiger charge is 2.49. The van der Waals surface area contributed by atoms with Gasteiger partial charge in [0.2, 0.25) is 0 Å². The standard InChI is InChI=1S/C30H48O7/c1-2-3-4-11-22(36-29-14-7-9-18-33-29)16-17-24-25-20-23(12-5-6-13-28(31)32)35-27(25)21-26(24)37-30-15-8-10-19-34-30/h5,12,16-17,22-27,29-30H,2-4,6-11,13-15,18-21H2,1H3,(H,31,32)/b12-5+,17-16+/t22-,23?,24+,25+,26+,27+,29?,30?/m0/s1. The first-order valence-electron chi connectivity index (χ1n) is 14.9. The number of carboxylic acid groups (broad SMARTS) is 1. The van der Waals surface area contributed by atoms with Gasteiger partial charge in [-0.15, -0.1) is 0 Å². The summed E-state index contributed by atoms with van der Waals surface area (Å²) in [5.74, 6) is -0.142. The van der Waals surface area contributed by atoms with Gasteiger partial charge in [0.1, 0.15) is 0 Å². The molecule has 4 fully saturated rings. The average molecular weight is 521 g/mol. The van der Waals surface area contributed by atoms with Gasteiger partial charge in [-0.25, -0.2) is 0 Å². The van der Waals surface area contributed by atoms with Crippen molar-refractivity contribution in [2.24, 2.45) is 11.8 Å². The van der Waals surface area contributed by atoms with Crippen LogP contribution in [0.1, 0.15) is 96.8 Å². The Hall–Kier alpha value is -1.25. The highest BCUT2D eigenvalue weighted by molar-refractivity contribution is 5.66. The van der Waals surface area contributed by atoms with Crippen LogP contribution in [-0.2, 0) is 28.5 Å². The number of hydrogen-bond donors (Lipinski definition) is 1. The zero-order valence-corrected chi connectivity index (χ0v) is 22.6. The van der Waals surface area contributed by atoms with E-state index in [0.717, 1.165) is 71.0 Å².